The molecule has 1 aliphatic carbocycles. The number of hydrogen-bond acceptors (Lipinski definition) is 1. The summed E-state index contributed by atoms with van der Waals surface area (Å²) in [4.78, 5) is 0. The van der Waals surface area contributed by atoms with Crippen LogP contribution in [-0.4, -0.2) is 13.1 Å². The van der Waals surface area contributed by atoms with E-state index in [0.29, 0.717) is 5.92 Å². The molecular weight excluding hydrogens is 251 g/mol. The largest absolute Gasteiger partial charge is 0.416 e. The van der Waals surface area contributed by atoms with Crippen LogP contribution in [0.5, 0.6) is 0 Å². The van der Waals surface area contributed by atoms with Crippen molar-refractivity contribution in [2.24, 2.45) is 5.92 Å². The summed E-state index contributed by atoms with van der Waals surface area (Å²) in [5.74, 6) is 0.673. The van der Waals surface area contributed by atoms with Crippen molar-refractivity contribution < 1.29 is 13.2 Å². The van der Waals surface area contributed by atoms with E-state index >= 15 is 0 Å². The van der Waals surface area contributed by atoms with Crippen LogP contribution in [0.25, 0.3) is 0 Å². The van der Waals surface area contributed by atoms with Crippen molar-refractivity contribution in [3.05, 3.63) is 35.4 Å². The Bertz CT molecular complexity index is 451. The van der Waals surface area contributed by atoms with Crippen molar-refractivity contribution >= 4 is 0 Å². The second kappa shape index (κ2) is 4.51. The summed E-state index contributed by atoms with van der Waals surface area (Å²) in [5.41, 5.74) is 0.695. The molecule has 19 heavy (non-hydrogen) atoms. The van der Waals surface area contributed by atoms with Crippen molar-refractivity contribution in [3.8, 4) is 0 Å². The maximum Gasteiger partial charge on any atom is 0.416 e. The lowest BCUT2D eigenvalue weighted by molar-refractivity contribution is -0.137. The lowest BCUT2D eigenvalue weighted by Crippen LogP contribution is -2.25. The minimum atomic E-state index is -4.23. The van der Waals surface area contributed by atoms with Gasteiger partial charge in [-0.2, -0.15) is 13.2 Å². The summed E-state index contributed by atoms with van der Waals surface area (Å²) in [6.45, 7) is 2.04. The molecule has 2 aliphatic rings. The molecule has 1 aromatic carbocycles. The van der Waals surface area contributed by atoms with E-state index in [1.165, 1.54) is 25.0 Å². The highest BCUT2D eigenvalue weighted by molar-refractivity contribution is 5.36. The molecule has 1 N–H and O–H groups in total. The van der Waals surface area contributed by atoms with Gasteiger partial charge in [0.2, 0.25) is 0 Å². The molecule has 0 bridgehead atoms. The van der Waals surface area contributed by atoms with Crippen LogP contribution in [0.3, 0.4) is 0 Å². The summed E-state index contributed by atoms with van der Waals surface area (Å²) in [7, 11) is 0. The van der Waals surface area contributed by atoms with Crippen LogP contribution in [0.4, 0.5) is 13.2 Å². The van der Waals surface area contributed by atoms with Gasteiger partial charge in [-0.15, -0.1) is 0 Å². The molecular formula is C15H18F3N. The van der Waals surface area contributed by atoms with Gasteiger partial charge in [0.1, 0.15) is 0 Å². The average molecular weight is 269 g/mol. The number of halogens is 3. The van der Waals surface area contributed by atoms with E-state index in [2.05, 4.69) is 5.32 Å². The van der Waals surface area contributed by atoms with Crippen LogP contribution in [0.15, 0.2) is 24.3 Å². The molecule has 0 amide bonds. The lowest BCUT2D eigenvalue weighted by Gasteiger charge is -2.21. The third-order valence-electron chi connectivity index (χ3n) is 4.67. The smallest absolute Gasteiger partial charge is 0.317 e. The van der Waals surface area contributed by atoms with Crippen LogP contribution in [0.2, 0.25) is 0 Å². The number of fused-ring (bicyclic) bond motifs is 1. The van der Waals surface area contributed by atoms with Crippen LogP contribution in [0.1, 0.15) is 36.8 Å². The first-order valence-electron chi connectivity index (χ1n) is 6.91. The highest BCUT2D eigenvalue weighted by Crippen LogP contribution is 2.59. The van der Waals surface area contributed by atoms with Gasteiger partial charge in [0, 0.05) is 0 Å². The Morgan fingerprint density at radius 1 is 1.11 bits per heavy atom. The molecule has 1 saturated carbocycles. The quantitative estimate of drug-likeness (QED) is 0.819. The first-order valence-corrected chi connectivity index (χ1v) is 6.91. The van der Waals surface area contributed by atoms with E-state index < -0.39 is 11.7 Å². The molecule has 1 aliphatic heterocycles. The third kappa shape index (κ3) is 2.38. The number of rotatable bonds is 1. The zero-order valence-electron chi connectivity index (χ0n) is 10.8. The van der Waals surface area contributed by atoms with Crippen molar-refractivity contribution in [1.29, 1.82) is 0 Å². The molecule has 1 heterocycles. The molecule has 0 spiro atoms. The van der Waals surface area contributed by atoms with Gasteiger partial charge in [-0.3, -0.25) is 0 Å². The van der Waals surface area contributed by atoms with E-state index in [1.807, 2.05) is 0 Å². The number of nitrogens with one attached hydrogen (secondary N) is 1. The molecule has 1 aromatic rings. The number of hydrogen-bond donors (Lipinski definition) is 1. The Morgan fingerprint density at radius 2 is 1.84 bits per heavy atom. The fourth-order valence-corrected chi connectivity index (χ4v) is 3.46. The molecule has 1 nitrogen and oxygen atoms in total. The van der Waals surface area contributed by atoms with E-state index in [4.69, 9.17) is 0 Å². The monoisotopic (exact) mass is 269 g/mol. The van der Waals surface area contributed by atoms with Crippen molar-refractivity contribution in [3.63, 3.8) is 0 Å². The summed E-state index contributed by atoms with van der Waals surface area (Å²) in [6.07, 6.45) is 0.311. The van der Waals surface area contributed by atoms with E-state index in [0.717, 1.165) is 31.5 Å². The molecule has 4 heteroatoms. The second-order valence-corrected chi connectivity index (χ2v) is 5.77. The summed E-state index contributed by atoms with van der Waals surface area (Å²) < 4.78 is 37.7. The van der Waals surface area contributed by atoms with Gasteiger partial charge in [-0.25, -0.2) is 0 Å². The Balaban J connectivity index is 1.82. The molecule has 104 valence electrons. The fraction of sp³-hybridized carbons (Fsp3) is 0.600. The Hall–Kier alpha value is -1.03. The summed E-state index contributed by atoms with van der Waals surface area (Å²) in [6, 6.07) is 5.83. The van der Waals surface area contributed by atoms with Gasteiger partial charge < -0.3 is 5.32 Å². The first kappa shape index (κ1) is 13.0. The Kier molecular flexibility index (Phi) is 3.08. The maximum absolute atomic E-state index is 12.6. The van der Waals surface area contributed by atoms with E-state index in [9.17, 15) is 13.2 Å². The second-order valence-electron chi connectivity index (χ2n) is 5.77. The van der Waals surface area contributed by atoms with Crippen LogP contribution in [-0.2, 0) is 11.6 Å². The molecule has 0 unspecified atom stereocenters. The van der Waals surface area contributed by atoms with Gasteiger partial charge >= 0.3 is 6.18 Å². The molecule has 0 radical (unpaired) electrons. The minimum Gasteiger partial charge on any atom is -0.317 e. The zero-order valence-corrected chi connectivity index (χ0v) is 10.8. The molecule has 2 fully saturated rings. The van der Waals surface area contributed by atoms with E-state index in [1.54, 1.807) is 12.1 Å². The van der Waals surface area contributed by atoms with Crippen molar-refractivity contribution in [2.45, 2.75) is 37.3 Å². The van der Waals surface area contributed by atoms with Gasteiger partial charge in [0.25, 0.3) is 0 Å². The highest BCUT2D eigenvalue weighted by atomic mass is 19.4. The average Bonchev–Trinajstić information content (AvgIpc) is 3.02. The zero-order chi connectivity index (χ0) is 13.5. The van der Waals surface area contributed by atoms with Gasteiger partial charge in [0.05, 0.1) is 5.56 Å². The van der Waals surface area contributed by atoms with Crippen LogP contribution in [0, 0.1) is 5.92 Å². The molecule has 0 aromatic heterocycles. The Morgan fingerprint density at radius 3 is 2.53 bits per heavy atom. The van der Waals surface area contributed by atoms with Crippen LogP contribution >= 0.6 is 0 Å². The standard InChI is InChI=1S/C15H18F3N/c16-15(17,18)12-5-3-11(4-6-12)14-7-9-19-8-1-2-13(14)10-14/h3-6,13,19H,1-2,7-10H2/t13-,14+/m0/s1. The molecule has 2 atom stereocenters. The highest BCUT2D eigenvalue weighted by Gasteiger charge is 2.54. The lowest BCUT2D eigenvalue weighted by atomic mass is 9.87. The van der Waals surface area contributed by atoms with E-state index in [-0.39, 0.29) is 5.41 Å². The summed E-state index contributed by atoms with van der Waals surface area (Å²) >= 11 is 0. The van der Waals surface area contributed by atoms with Crippen molar-refractivity contribution in [1.82, 2.24) is 5.32 Å². The Labute approximate surface area is 111 Å². The van der Waals surface area contributed by atoms with Gasteiger partial charge in [0.15, 0.2) is 0 Å². The first-order chi connectivity index (χ1) is 9.02. The number of alkyl halides is 3. The summed E-state index contributed by atoms with van der Waals surface area (Å²) in [5, 5.41) is 3.39. The SMILES string of the molecule is FC(F)(F)c1ccc([C@]23CCNCCC[C@H]2C3)cc1. The topological polar surface area (TPSA) is 12.0 Å². The van der Waals surface area contributed by atoms with Crippen molar-refractivity contribution in [2.75, 3.05) is 13.1 Å². The normalized spacial score (nSPS) is 31.2. The number of benzene rings is 1. The van der Waals surface area contributed by atoms with Gasteiger partial charge in [-0.05, 0) is 67.8 Å². The third-order valence-corrected chi connectivity index (χ3v) is 4.67. The molecule has 1 saturated heterocycles. The minimum absolute atomic E-state index is 0.150. The fourth-order valence-electron chi connectivity index (χ4n) is 3.46. The van der Waals surface area contributed by atoms with Crippen LogP contribution < -0.4 is 5.32 Å². The maximum atomic E-state index is 12.6. The predicted octanol–water partition coefficient (Wildman–Crippen LogP) is 3.74. The molecule has 3 rings (SSSR count). The van der Waals surface area contributed by atoms with Gasteiger partial charge in [-0.1, -0.05) is 12.1 Å². The predicted molar refractivity (Wildman–Crippen MR) is 67.9 cm³/mol.